The van der Waals surface area contributed by atoms with Gasteiger partial charge in [0, 0.05) is 32.8 Å². The Labute approximate surface area is 107 Å². The van der Waals surface area contributed by atoms with E-state index in [-0.39, 0.29) is 12.1 Å². The van der Waals surface area contributed by atoms with E-state index in [9.17, 15) is 9.59 Å². The van der Waals surface area contributed by atoms with Gasteiger partial charge in [0.2, 0.25) is 0 Å². The number of carboxylic acid groups (broad SMARTS) is 1. The molecule has 6 heteroatoms. The minimum absolute atomic E-state index is 0.0919. The van der Waals surface area contributed by atoms with Gasteiger partial charge in [0.15, 0.2) is 0 Å². The zero-order valence-corrected chi connectivity index (χ0v) is 11.3. The summed E-state index contributed by atoms with van der Waals surface area (Å²) in [6.45, 7) is 5.84. The summed E-state index contributed by atoms with van der Waals surface area (Å²) in [4.78, 5) is 26.6. The number of nitrogens with zero attached hydrogens (tertiary/aromatic N) is 2. The summed E-state index contributed by atoms with van der Waals surface area (Å²) in [5, 5.41) is 9.05. The molecule has 1 aliphatic rings. The molecule has 1 N–H and O–H groups in total. The number of amides is 2. The number of ether oxygens (including phenoxy) is 1. The number of methoxy groups -OCH3 is 1. The van der Waals surface area contributed by atoms with E-state index in [1.807, 2.05) is 6.92 Å². The fourth-order valence-electron chi connectivity index (χ4n) is 2.31. The lowest BCUT2D eigenvalue weighted by Crippen LogP contribution is -2.47. The molecule has 1 fully saturated rings. The molecule has 1 rings (SSSR count). The van der Waals surface area contributed by atoms with Gasteiger partial charge in [-0.1, -0.05) is 0 Å². The molecule has 0 spiro atoms. The number of likely N-dealkylation sites (N-methyl/N-ethyl adjacent to an activating group) is 1. The maximum Gasteiger partial charge on any atom is 0.320 e. The Morgan fingerprint density at radius 1 is 1.50 bits per heavy atom. The maximum atomic E-state index is 12.3. The van der Waals surface area contributed by atoms with Gasteiger partial charge in [0.25, 0.3) is 0 Å². The zero-order chi connectivity index (χ0) is 13.7. The van der Waals surface area contributed by atoms with Crippen LogP contribution in [0.2, 0.25) is 0 Å². The molecule has 18 heavy (non-hydrogen) atoms. The summed E-state index contributed by atoms with van der Waals surface area (Å²) in [6, 6.07) is -0.336. The number of carboxylic acids is 1. The highest BCUT2D eigenvalue weighted by Gasteiger charge is 2.39. The van der Waals surface area contributed by atoms with E-state index in [0.717, 1.165) is 0 Å². The van der Waals surface area contributed by atoms with Crippen LogP contribution >= 0.6 is 0 Å². The molecule has 1 aliphatic heterocycles. The van der Waals surface area contributed by atoms with Crippen molar-refractivity contribution in [2.75, 3.05) is 33.4 Å². The third kappa shape index (κ3) is 3.13. The predicted molar refractivity (Wildman–Crippen MR) is 66.4 cm³/mol. The number of rotatable bonds is 5. The fraction of sp³-hybridized carbons (Fsp3) is 0.833. The maximum absolute atomic E-state index is 12.3. The molecule has 104 valence electrons. The number of hydrogen-bond donors (Lipinski definition) is 1. The highest BCUT2D eigenvalue weighted by Crippen LogP contribution is 2.25. The van der Waals surface area contributed by atoms with E-state index in [2.05, 4.69) is 0 Å². The molecule has 0 radical (unpaired) electrons. The Morgan fingerprint density at radius 2 is 2.17 bits per heavy atom. The summed E-state index contributed by atoms with van der Waals surface area (Å²) in [5.41, 5.74) is 0. The molecule has 0 aromatic carbocycles. The molecule has 0 aromatic rings. The van der Waals surface area contributed by atoms with Crippen molar-refractivity contribution >= 4 is 12.0 Å². The number of carbonyl (C=O) groups excluding carboxylic acids is 1. The highest BCUT2D eigenvalue weighted by atomic mass is 16.5. The minimum atomic E-state index is -0.822. The lowest BCUT2D eigenvalue weighted by atomic mass is 10.0. The van der Waals surface area contributed by atoms with Crippen molar-refractivity contribution in [2.45, 2.75) is 26.3 Å². The Balaban J connectivity index is 2.63. The monoisotopic (exact) mass is 258 g/mol. The van der Waals surface area contributed by atoms with Crippen molar-refractivity contribution in [1.29, 1.82) is 0 Å². The number of urea groups is 1. The minimum Gasteiger partial charge on any atom is -0.481 e. The molecule has 0 bridgehead atoms. The van der Waals surface area contributed by atoms with Gasteiger partial charge in [-0.25, -0.2) is 4.79 Å². The van der Waals surface area contributed by atoms with Crippen LogP contribution in [-0.4, -0.2) is 66.3 Å². The summed E-state index contributed by atoms with van der Waals surface area (Å²) >= 11 is 0. The van der Waals surface area contributed by atoms with E-state index < -0.39 is 11.9 Å². The van der Waals surface area contributed by atoms with Gasteiger partial charge in [0.1, 0.15) is 0 Å². The first-order valence-electron chi connectivity index (χ1n) is 6.30. The normalized spacial score (nSPS) is 23.2. The topological polar surface area (TPSA) is 70.1 Å². The van der Waals surface area contributed by atoms with E-state index in [1.54, 1.807) is 23.8 Å². The largest absolute Gasteiger partial charge is 0.481 e. The van der Waals surface area contributed by atoms with Crippen LogP contribution in [0.4, 0.5) is 4.79 Å². The number of carbonyl (C=O) groups is 2. The SMILES string of the molecule is CCN(CCOC)C(=O)N1CCC(C(=O)O)C1C. The number of hydrogen-bond acceptors (Lipinski definition) is 3. The lowest BCUT2D eigenvalue weighted by molar-refractivity contribution is -0.142. The summed E-state index contributed by atoms with van der Waals surface area (Å²) < 4.78 is 4.97. The second kappa shape index (κ2) is 6.58. The summed E-state index contributed by atoms with van der Waals surface area (Å²) in [7, 11) is 1.59. The average molecular weight is 258 g/mol. The molecule has 6 nitrogen and oxygen atoms in total. The van der Waals surface area contributed by atoms with E-state index >= 15 is 0 Å². The van der Waals surface area contributed by atoms with Crippen LogP contribution in [0.5, 0.6) is 0 Å². The van der Waals surface area contributed by atoms with Crippen LogP contribution in [-0.2, 0) is 9.53 Å². The molecule has 2 atom stereocenters. The first-order valence-corrected chi connectivity index (χ1v) is 6.30. The molecule has 1 heterocycles. The van der Waals surface area contributed by atoms with Crippen molar-refractivity contribution in [2.24, 2.45) is 5.92 Å². The van der Waals surface area contributed by atoms with Gasteiger partial charge < -0.3 is 19.6 Å². The molecule has 2 unspecified atom stereocenters. The quantitative estimate of drug-likeness (QED) is 0.794. The molecule has 0 aliphatic carbocycles. The molecule has 0 saturated carbocycles. The highest BCUT2D eigenvalue weighted by molar-refractivity contribution is 5.78. The molecule has 0 aromatic heterocycles. The van der Waals surface area contributed by atoms with Crippen molar-refractivity contribution in [3.05, 3.63) is 0 Å². The second-order valence-corrected chi connectivity index (χ2v) is 4.52. The Kier molecular flexibility index (Phi) is 5.40. The number of likely N-dealkylation sites (tertiary alicyclic amines) is 1. The van der Waals surface area contributed by atoms with Crippen molar-refractivity contribution in [3.8, 4) is 0 Å². The first-order chi connectivity index (χ1) is 8.52. The summed E-state index contributed by atoms with van der Waals surface area (Å²) in [6.07, 6.45) is 0.532. The summed E-state index contributed by atoms with van der Waals surface area (Å²) in [5.74, 6) is -1.27. The van der Waals surface area contributed by atoms with Gasteiger partial charge >= 0.3 is 12.0 Å². The molecule has 1 saturated heterocycles. The molecular formula is C12H22N2O4. The Hall–Kier alpha value is -1.30. The lowest BCUT2D eigenvalue weighted by Gasteiger charge is -2.30. The van der Waals surface area contributed by atoms with E-state index in [4.69, 9.17) is 9.84 Å². The third-order valence-electron chi connectivity index (χ3n) is 3.54. The standard InChI is InChI=1S/C12H22N2O4/c1-4-13(7-8-18-3)12(17)14-6-5-10(9(14)2)11(15)16/h9-10H,4-8H2,1-3H3,(H,15,16). The average Bonchev–Trinajstić information content (AvgIpc) is 2.71. The molecule has 2 amide bonds. The fourth-order valence-corrected chi connectivity index (χ4v) is 2.31. The third-order valence-corrected chi connectivity index (χ3v) is 3.54. The van der Waals surface area contributed by atoms with Crippen molar-refractivity contribution < 1.29 is 19.4 Å². The van der Waals surface area contributed by atoms with Crippen LogP contribution in [0.3, 0.4) is 0 Å². The first kappa shape index (κ1) is 14.8. The van der Waals surface area contributed by atoms with Gasteiger partial charge in [-0.15, -0.1) is 0 Å². The smallest absolute Gasteiger partial charge is 0.320 e. The van der Waals surface area contributed by atoms with Gasteiger partial charge in [-0.2, -0.15) is 0 Å². The van der Waals surface area contributed by atoms with Crippen LogP contribution in [0.1, 0.15) is 20.3 Å². The van der Waals surface area contributed by atoms with Gasteiger partial charge in [0.05, 0.1) is 12.5 Å². The Morgan fingerprint density at radius 3 is 2.61 bits per heavy atom. The zero-order valence-electron chi connectivity index (χ0n) is 11.3. The Bertz CT molecular complexity index is 308. The molecular weight excluding hydrogens is 236 g/mol. The van der Waals surface area contributed by atoms with Crippen LogP contribution in [0.15, 0.2) is 0 Å². The van der Waals surface area contributed by atoms with Crippen molar-refractivity contribution in [1.82, 2.24) is 9.80 Å². The second-order valence-electron chi connectivity index (χ2n) is 4.52. The van der Waals surface area contributed by atoms with Crippen LogP contribution in [0.25, 0.3) is 0 Å². The van der Waals surface area contributed by atoms with E-state index in [1.165, 1.54) is 0 Å². The van der Waals surface area contributed by atoms with Crippen LogP contribution in [0, 0.1) is 5.92 Å². The van der Waals surface area contributed by atoms with Crippen molar-refractivity contribution in [3.63, 3.8) is 0 Å². The van der Waals surface area contributed by atoms with E-state index in [0.29, 0.717) is 32.7 Å². The van der Waals surface area contributed by atoms with Crippen LogP contribution < -0.4 is 0 Å². The number of aliphatic carboxylic acids is 1. The van der Waals surface area contributed by atoms with Gasteiger partial charge in [-0.05, 0) is 20.3 Å². The predicted octanol–water partition coefficient (Wildman–Crippen LogP) is 0.870. The van der Waals surface area contributed by atoms with Gasteiger partial charge in [-0.3, -0.25) is 4.79 Å².